The molecular weight excluding hydrogens is 308 g/mol. The second kappa shape index (κ2) is 7.69. The van der Waals surface area contributed by atoms with Crippen LogP contribution in [0.25, 0.3) is 0 Å². The summed E-state index contributed by atoms with van der Waals surface area (Å²) in [5.41, 5.74) is 0. The highest BCUT2D eigenvalue weighted by Crippen LogP contribution is 2.23. The maximum atomic E-state index is 12.2. The Hall–Kier alpha value is -0.470. The molecule has 1 unspecified atom stereocenters. The SMILES string of the molecule is CCOCC(C)NS(=O)(=O)c1ccc(CCNC2CC2)s1. The summed E-state index contributed by atoms with van der Waals surface area (Å²) in [5, 5.41) is 3.43. The number of rotatable bonds is 10. The Morgan fingerprint density at radius 2 is 2.19 bits per heavy atom. The lowest BCUT2D eigenvalue weighted by Gasteiger charge is -2.12. The van der Waals surface area contributed by atoms with Crippen LogP contribution in [0.3, 0.4) is 0 Å². The van der Waals surface area contributed by atoms with Gasteiger partial charge in [0.1, 0.15) is 4.21 Å². The molecule has 21 heavy (non-hydrogen) atoms. The minimum absolute atomic E-state index is 0.225. The number of sulfonamides is 1. The molecule has 5 nitrogen and oxygen atoms in total. The fraction of sp³-hybridized carbons (Fsp3) is 0.714. The molecular formula is C14H24N2O3S2. The number of ether oxygens (including phenoxy) is 1. The molecule has 1 aromatic rings. The van der Waals surface area contributed by atoms with Gasteiger partial charge in [0.05, 0.1) is 6.61 Å². The predicted molar refractivity (Wildman–Crippen MR) is 85.3 cm³/mol. The minimum atomic E-state index is -3.43. The first-order valence-corrected chi connectivity index (χ1v) is 9.73. The summed E-state index contributed by atoms with van der Waals surface area (Å²) in [6.45, 7) is 5.59. The van der Waals surface area contributed by atoms with Crippen molar-refractivity contribution in [2.45, 2.75) is 49.4 Å². The van der Waals surface area contributed by atoms with Crippen molar-refractivity contribution in [3.63, 3.8) is 0 Å². The van der Waals surface area contributed by atoms with E-state index in [0.717, 1.165) is 17.8 Å². The molecule has 2 rings (SSSR count). The van der Waals surface area contributed by atoms with E-state index in [9.17, 15) is 8.42 Å². The van der Waals surface area contributed by atoms with E-state index in [4.69, 9.17) is 4.74 Å². The number of hydrogen-bond acceptors (Lipinski definition) is 5. The first kappa shape index (κ1) is 16.9. The van der Waals surface area contributed by atoms with Crippen LogP contribution in [-0.2, 0) is 21.2 Å². The molecule has 0 bridgehead atoms. The summed E-state index contributed by atoms with van der Waals surface area (Å²) < 4.78 is 32.7. The molecule has 1 aromatic heterocycles. The van der Waals surface area contributed by atoms with E-state index in [1.807, 2.05) is 13.0 Å². The van der Waals surface area contributed by atoms with Crippen molar-refractivity contribution >= 4 is 21.4 Å². The predicted octanol–water partition coefficient (Wildman–Crippen LogP) is 1.75. The molecule has 1 heterocycles. The van der Waals surface area contributed by atoms with Crippen molar-refractivity contribution < 1.29 is 13.2 Å². The van der Waals surface area contributed by atoms with Crippen molar-refractivity contribution in [3.05, 3.63) is 17.0 Å². The quantitative estimate of drug-likeness (QED) is 0.685. The number of hydrogen-bond donors (Lipinski definition) is 2. The fourth-order valence-electron chi connectivity index (χ4n) is 1.98. The number of nitrogens with one attached hydrogen (secondary N) is 2. The number of thiophene rings is 1. The van der Waals surface area contributed by atoms with Crippen molar-refractivity contribution in [2.75, 3.05) is 19.8 Å². The van der Waals surface area contributed by atoms with Crippen molar-refractivity contribution in [2.24, 2.45) is 0 Å². The molecule has 2 N–H and O–H groups in total. The van der Waals surface area contributed by atoms with Crippen LogP contribution in [0.1, 0.15) is 31.6 Å². The molecule has 1 aliphatic carbocycles. The standard InChI is InChI=1S/C14H24N2O3S2/c1-3-19-10-11(2)16-21(17,18)14-7-6-13(20-14)8-9-15-12-4-5-12/h6-7,11-12,15-16H,3-5,8-10H2,1-2H3. The first-order chi connectivity index (χ1) is 10.0. The molecule has 1 atom stereocenters. The molecule has 1 aliphatic rings. The molecule has 0 aliphatic heterocycles. The van der Waals surface area contributed by atoms with E-state index in [1.54, 1.807) is 13.0 Å². The Labute approximate surface area is 131 Å². The zero-order valence-corrected chi connectivity index (χ0v) is 14.2. The van der Waals surface area contributed by atoms with E-state index in [0.29, 0.717) is 23.5 Å². The average Bonchev–Trinajstić information content (AvgIpc) is 3.11. The van der Waals surface area contributed by atoms with Crippen LogP contribution in [0, 0.1) is 0 Å². The van der Waals surface area contributed by atoms with Gasteiger partial charge in [-0.2, -0.15) is 0 Å². The second-order valence-corrected chi connectivity index (χ2v) is 8.49. The lowest BCUT2D eigenvalue weighted by Crippen LogP contribution is -2.35. The molecule has 0 amide bonds. The molecule has 0 saturated heterocycles. The summed E-state index contributed by atoms with van der Waals surface area (Å²) >= 11 is 1.35. The first-order valence-electron chi connectivity index (χ1n) is 7.43. The zero-order chi connectivity index (χ0) is 15.3. The minimum Gasteiger partial charge on any atom is -0.380 e. The Kier molecular flexibility index (Phi) is 6.19. The van der Waals surface area contributed by atoms with Crippen LogP contribution in [0.2, 0.25) is 0 Å². The van der Waals surface area contributed by atoms with Crippen LogP contribution in [0.5, 0.6) is 0 Å². The summed E-state index contributed by atoms with van der Waals surface area (Å²) in [6, 6.07) is 4.06. The third-order valence-electron chi connectivity index (χ3n) is 3.21. The van der Waals surface area contributed by atoms with Gasteiger partial charge in [-0.1, -0.05) is 0 Å². The van der Waals surface area contributed by atoms with E-state index >= 15 is 0 Å². The highest BCUT2D eigenvalue weighted by Gasteiger charge is 2.21. The summed E-state index contributed by atoms with van der Waals surface area (Å²) in [5.74, 6) is 0. The van der Waals surface area contributed by atoms with Gasteiger partial charge in [0.2, 0.25) is 10.0 Å². The van der Waals surface area contributed by atoms with Gasteiger partial charge in [-0.05, 0) is 45.2 Å². The Morgan fingerprint density at radius 3 is 2.86 bits per heavy atom. The largest absolute Gasteiger partial charge is 0.380 e. The van der Waals surface area contributed by atoms with E-state index in [1.165, 1.54) is 24.2 Å². The lowest BCUT2D eigenvalue weighted by atomic mass is 10.3. The maximum Gasteiger partial charge on any atom is 0.250 e. The molecule has 1 fully saturated rings. The third-order valence-corrected chi connectivity index (χ3v) is 6.44. The lowest BCUT2D eigenvalue weighted by molar-refractivity contribution is 0.133. The molecule has 0 aromatic carbocycles. The van der Waals surface area contributed by atoms with Gasteiger partial charge in [-0.25, -0.2) is 13.1 Å². The molecule has 120 valence electrons. The van der Waals surface area contributed by atoms with Gasteiger partial charge in [-0.3, -0.25) is 0 Å². The van der Waals surface area contributed by atoms with Crippen LogP contribution < -0.4 is 10.0 Å². The van der Waals surface area contributed by atoms with E-state index in [2.05, 4.69) is 10.0 Å². The normalized spacial score (nSPS) is 17.0. The summed E-state index contributed by atoms with van der Waals surface area (Å²) in [4.78, 5) is 1.10. The topological polar surface area (TPSA) is 67.4 Å². The van der Waals surface area contributed by atoms with Crippen LogP contribution in [0.4, 0.5) is 0 Å². The average molecular weight is 332 g/mol. The van der Waals surface area contributed by atoms with Gasteiger partial charge >= 0.3 is 0 Å². The molecule has 0 radical (unpaired) electrons. The molecule has 0 spiro atoms. The fourth-order valence-corrected chi connectivity index (χ4v) is 4.58. The summed E-state index contributed by atoms with van der Waals surface area (Å²) in [7, 11) is -3.43. The van der Waals surface area contributed by atoms with Gasteiger partial charge in [0.25, 0.3) is 0 Å². The van der Waals surface area contributed by atoms with Crippen LogP contribution in [0.15, 0.2) is 16.3 Å². The molecule has 7 heteroatoms. The zero-order valence-electron chi connectivity index (χ0n) is 12.6. The van der Waals surface area contributed by atoms with Gasteiger partial charge in [-0.15, -0.1) is 11.3 Å². The van der Waals surface area contributed by atoms with E-state index in [-0.39, 0.29) is 6.04 Å². The van der Waals surface area contributed by atoms with Gasteiger partial charge in [0, 0.05) is 30.1 Å². The summed E-state index contributed by atoms with van der Waals surface area (Å²) in [6.07, 6.45) is 3.42. The molecule has 1 saturated carbocycles. The Bertz CT molecular complexity index is 538. The van der Waals surface area contributed by atoms with Crippen molar-refractivity contribution in [3.8, 4) is 0 Å². The van der Waals surface area contributed by atoms with Crippen molar-refractivity contribution in [1.29, 1.82) is 0 Å². The Morgan fingerprint density at radius 1 is 1.43 bits per heavy atom. The third kappa shape index (κ3) is 5.67. The monoisotopic (exact) mass is 332 g/mol. The van der Waals surface area contributed by atoms with Gasteiger partial charge in [0.15, 0.2) is 0 Å². The van der Waals surface area contributed by atoms with E-state index < -0.39 is 10.0 Å². The smallest absolute Gasteiger partial charge is 0.250 e. The van der Waals surface area contributed by atoms with Gasteiger partial charge < -0.3 is 10.1 Å². The van der Waals surface area contributed by atoms with Crippen molar-refractivity contribution in [1.82, 2.24) is 10.0 Å². The Balaban J connectivity index is 1.85. The highest BCUT2D eigenvalue weighted by atomic mass is 32.2. The second-order valence-electron chi connectivity index (χ2n) is 5.38. The van der Waals surface area contributed by atoms with Crippen LogP contribution >= 0.6 is 11.3 Å². The maximum absolute atomic E-state index is 12.2. The van der Waals surface area contributed by atoms with Crippen LogP contribution in [-0.4, -0.2) is 40.3 Å². The highest BCUT2D eigenvalue weighted by molar-refractivity contribution is 7.91.